The topological polar surface area (TPSA) is 207 Å². The fraction of sp³-hybridized carbons (Fsp3) is 0.444. The smallest absolute Gasteiger partial charge is 0.387 e. The van der Waals surface area contributed by atoms with Crippen molar-refractivity contribution < 1.29 is 69.5 Å². The molecule has 0 bridgehead atoms. The summed E-state index contributed by atoms with van der Waals surface area (Å²) in [7, 11) is -11.0. The number of benzene rings is 1. The molecule has 21 heteroatoms. The molecule has 1 fully saturated rings. The summed E-state index contributed by atoms with van der Waals surface area (Å²) in [6, 6.07) is 5.52. The molecule has 1 aromatic heterocycles. The van der Waals surface area contributed by atoms with Crippen LogP contribution in [0.3, 0.4) is 0 Å². The minimum Gasteiger partial charge on any atom is -0.387 e. The second-order valence-corrected chi connectivity index (χ2v) is 10.9. The molecule has 5 N–H and O–H groups in total. The molecular formula is C18H19F5N2O12P2. The third-order valence-electron chi connectivity index (χ3n) is 5.28. The fourth-order valence-corrected chi connectivity index (χ4v) is 5.13. The van der Waals surface area contributed by atoms with Gasteiger partial charge in [0, 0.05) is 11.8 Å². The monoisotopic (exact) mass is 612 g/mol. The van der Waals surface area contributed by atoms with Gasteiger partial charge in [-0.3, -0.25) is 18.5 Å². The van der Waals surface area contributed by atoms with E-state index in [1.807, 2.05) is 0 Å². The number of aliphatic hydroxyl groups excluding tert-OH is 2. The first-order valence-corrected chi connectivity index (χ1v) is 13.4. The van der Waals surface area contributed by atoms with Crippen LogP contribution in [0.4, 0.5) is 22.0 Å². The van der Waals surface area contributed by atoms with Crippen LogP contribution in [0.15, 0.2) is 46.1 Å². The predicted octanol–water partition coefficient (Wildman–Crippen LogP) is 0.666. The molecule has 1 unspecified atom stereocenters. The summed E-state index contributed by atoms with van der Waals surface area (Å²) in [6.45, 7) is -3.13. The highest BCUT2D eigenvalue weighted by molar-refractivity contribution is 7.60. The Kier molecular flexibility index (Phi) is 8.75. The number of phosphoric acid groups is 2. The normalized spacial score (nSPS) is 24.1. The molecule has 0 saturated carbocycles. The maximum absolute atomic E-state index is 14.8. The van der Waals surface area contributed by atoms with Gasteiger partial charge in [-0.2, -0.15) is 26.3 Å². The van der Waals surface area contributed by atoms with E-state index in [0.717, 1.165) is 12.1 Å². The molecule has 1 aromatic carbocycles. The van der Waals surface area contributed by atoms with Crippen molar-refractivity contribution in [2.24, 2.45) is 0 Å². The van der Waals surface area contributed by atoms with Crippen molar-refractivity contribution in [1.82, 2.24) is 9.13 Å². The lowest BCUT2D eigenvalue weighted by Gasteiger charge is -2.23. The predicted molar refractivity (Wildman–Crippen MR) is 115 cm³/mol. The average Bonchev–Trinajstić information content (AvgIpc) is 3.07. The number of aromatic nitrogens is 2. The summed E-state index contributed by atoms with van der Waals surface area (Å²) >= 11 is 0. The first-order valence-electron chi connectivity index (χ1n) is 10.4. The Balaban J connectivity index is 2.00. The van der Waals surface area contributed by atoms with Crippen LogP contribution in [0.25, 0.3) is 0 Å². The van der Waals surface area contributed by atoms with Crippen LogP contribution in [0.2, 0.25) is 0 Å². The highest BCUT2D eigenvalue weighted by atomic mass is 31.3. The van der Waals surface area contributed by atoms with E-state index in [1.54, 1.807) is 0 Å². The van der Waals surface area contributed by atoms with Gasteiger partial charge in [0.1, 0.15) is 23.9 Å². The minimum atomic E-state index is -5.55. The molecule has 0 spiro atoms. The average molecular weight is 612 g/mol. The zero-order valence-corrected chi connectivity index (χ0v) is 20.7. The molecule has 39 heavy (non-hydrogen) atoms. The molecule has 0 aliphatic carbocycles. The molecule has 0 radical (unpaired) electrons. The molecular weight excluding hydrogens is 593 g/mol. The van der Waals surface area contributed by atoms with Gasteiger partial charge in [0.2, 0.25) is 0 Å². The second-order valence-electron chi connectivity index (χ2n) is 8.07. The van der Waals surface area contributed by atoms with E-state index in [-0.39, 0.29) is 10.8 Å². The molecule has 1 saturated heterocycles. The van der Waals surface area contributed by atoms with E-state index >= 15 is 0 Å². The molecule has 2 heterocycles. The number of aliphatic hydroxyl groups is 2. The van der Waals surface area contributed by atoms with Gasteiger partial charge >= 0.3 is 27.5 Å². The summed E-state index contributed by atoms with van der Waals surface area (Å²) in [5, 5.41) is 20.4. The molecule has 2 aromatic rings. The summed E-state index contributed by atoms with van der Waals surface area (Å²) in [5.74, 6) is -4.03. The standard InChI is InChI=1S/C18H19F5N2O12P2/c19-17(20,9-4-2-1-3-5-9)8-25-14(28)10(18(21,22)23)6-24(16(25)29)15-13(27)12(26)11(36-15)7-35-39(33,34)37-38(30,31)32/h1-6,11-13,15,26-27H,7-8H2,(H,33,34)(H2,30,31,32)/t11-,12+,13+,15-/m1/s1. The van der Waals surface area contributed by atoms with Gasteiger partial charge in [0.05, 0.1) is 13.2 Å². The Morgan fingerprint density at radius 3 is 2.10 bits per heavy atom. The number of phosphoric ester groups is 1. The van der Waals surface area contributed by atoms with E-state index in [9.17, 15) is 55.8 Å². The molecule has 5 atom stereocenters. The molecule has 3 rings (SSSR count). The number of hydrogen-bond donors (Lipinski definition) is 5. The van der Waals surface area contributed by atoms with Crippen molar-refractivity contribution in [2.75, 3.05) is 6.61 Å². The summed E-state index contributed by atoms with van der Waals surface area (Å²) in [6.07, 6.45) is -14.3. The Bertz CT molecular complexity index is 1410. The van der Waals surface area contributed by atoms with Crippen LogP contribution in [0.1, 0.15) is 17.4 Å². The highest BCUT2D eigenvalue weighted by Crippen LogP contribution is 2.57. The van der Waals surface area contributed by atoms with Crippen molar-refractivity contribution in [3.63, 3.8) is 0 Å². The van der Waals surface area contributed by atoms with Crippen molar-refractivity contribution in [2.45, 2.75) is 43.2 Å². The van der Waals surface area contributed by atoms with Crippen LogP contribution < -0.4 is 11.2 Å². The van der Waals surface area contributed by atoms with Crippen LogP contribution >= 0.6 is 15.6 Å². The maximum Gasteiger partial charge on any atom is 0.481 e. The molecule has 0 amide bonds. The lowest BCUT2D eigenvalue weighted by molar-refractivity contribution is -0.140. The van der Waals surface area contributed by atoms with Gasteiger partial charge in [-0.25, -0.2) is 13.9 Å². The number of nitrogens with zero attached hydrogens (tertiary/aromatic N) is 2. The number of ether oxygens (including phenoxy) is 1. The SMILES string of the molecule is O=c1c(C(F)(F)F)cn([C@@H]2O[C@H](COP(=O)(O)OP(=O)(O)O)[C@H](O)[C@@H]2O)c(=O)n1CC(F)(F)c1ccccc1. The van der Waals surface area contributed by atoms with Gasteiger partial charge < -0.3 is 29.6 Å². The largest absolute Gasteiger partial charge is 0.481 e. The van der Waals surface area contributed by atoms with Gasteiger partial charge in [-0.05, 0) is 0 Å². The first kappa shape index (κ1) is 31.2. The van der Waals surface area contributed by atoms with Crippen LogP contribution in [-0.2, 0) is 41.3 Å². The number of halogens is 5. The highest BCUT2D eigenvalue weighted by Gasteiger charge is 2.47. The Labute approximate surface area is 213 Å². The van der Waals surface area contributed by atoms with E-state index in [4.69, 9.17) is 14.5 Å². The third-order valence-corrected chi connectivity index (χ3v) is 7.43. The number of rotatable bonds is 9. The molecule has 1 aliphatic heterocycles. The zero-order valence-electron chi connectivity index (χ0n) is 19.0. The first-order chi connectivity index (χ1) is 17.7. The van der Waals surface area contributed by atoms with Crippen molar-refractivity contribution in [3.8, 4) is 0 Å². The lowest BCUT2D eigenvalue weighted by Crippen LogP contribution is -2.48. The van der Waals surface area contributed by atoms with E-state index in [0.29, 0.717) is 0 Å². The molecule has 1 aliphatic rings. The number of alkyl halides is 5. The van der Waals surface area contributed by atoms with Crippen LogP contribution in [0.5, 0.6) is 0 Å². The van der Waals surface area contributed by atoms with Gasteiger partial charge in [-0.1, -0.05) is 30.3 Å². The van der Waals surface area contributed by atoms with Gasteiger partial charge in [-0.15, -0.1) is 0 Å². The van der Waals surface area contributed by atoms with E-state index in [1.165, 1.54) is 18.2 Å². The van der Waals surface area contributed by atoms with Gasteiger partial charge in [0.15, 0.2) is 6.23 Å². The van der Waals surface area contributed by atoms with Crippen molar-refractivity contribution >= 4 is 15.6 Å². The minimum absolute atomic E-state index is 0.0795. The van der Waals surface area contributed by atoms with E-state index < -0.39 is 92.4 Å². The maximum atomic E-state index is 14.8. The second kappa shape index (κ2) is 10.9. The molecule has 218 valence electrons. The third kappa shape index (κ3) is 7.26. The quantitative estimate of drug-likeness (QED) is 0.196. The summed E-state index contributed by atoms with van der Waals surface area (Å²) < 4.78 is 105. The summed E-state index contributed by atoms with van der Waals surface area (Å²) in [4.78, 5) is 51.9. The number of hydrogen-bond acceptors (Lipinski definition) is 9. The molecule has 14 nitrogen and oxygen atoms in total. The van der Waals surface area contributed by atoms with Crippen LogP contribution in [0, 0.1) is 0 Å². The van der Waals surface area contributed by atoms with Crippen LogP contribution in [-0.4, -0.2) is 58.9 Å². The fourth-order valence-electron chi connectivity index (χ4n) is 3.53. The van der Waals surface area contributed by atoms with Crippen molar-refractivity contribution in [3.05, 3.63) is 68.5 Å². The zero-order chi connectivity index (χ0) is 29.6. The van der Waals surface area contributed by atoms with Gasteiger partial charge in [0.25, 0.3) is 11.5 Å². The van der Waals surface area contributed by atoms with Crippen molar-refractivity contribution in [1.29, 1.82) is 0 Å². The Hall–Kier alpha value is -2.31. The van der Waals surface area contributed by atoms with E-state index in [2.05, 4.69) is 8.83 Å². The Morgan fingerprint density at radius 2 is 1.56 bits per heavy atom. The Morgan fingerprint density at radius 1 is 0.974 bits per heavy atom. The lowest BCUT2D eigenvalue weighted by atomic mass is 10.1. The summed E-state index contributed by atoms with van der Waals surface area (Å²) in [5.41, 5.74) is -6.79.